The van der Waals surface area contributed by atoms with Gasteiger partial charge >= 0.3 is 0 Å². The summed E-state index contributed by atoms with van der Waals surface area (Å²) in [6.07, 6.45) is 0. The first-order valence-electron chi connectivity index (χ1n) is 8.59. The molecule has 0 fully saturated rings. The van der Waals surface area contributed by atoms with Gasteiger partial charge in [0.1, 0.15) is 0 Å². The topological polar surface area (TPSA) is 71.1 Å². The minimum atomic E-state index is -0.151. The summed E-state index contributed by atoms with van der Waals surface area (Å²) in [7, 11) is 0. The zero-order valence-corrected chi connectivity index (χ0v) is 16.3. The predicted octanol–water partition coefficient (Wildman–Crippen LogP) is 4.54. The average Bonchev–Trinajstić information content (AvgIpc) is 2.61. The van der Waals surface area contributed by atoms with Crippen molar-refractivity contribution in [1.29, 1.82) is 0 Å². The molecule has 0 unspecified atom stereocenters. The minimum absolute atomic E-state index is 0.121. The maximum absolute atomic E-state index is 12.3. The molecule has 6 heteroatoms. The molecule has 2 aromatic carbocycles. The molecule has 0 atom stereocenters. The number of aromatic nitrogens is 1. The van der Waals surface area contributed by atoms with Gasteiger partial charge in [-0.3, -0.25) is 9.59 Å². The van der Waals surface area contributed by atoms with Crippen molar-refractivity contribution in [2.75, 3.05) is 16.4 Å². The number of thioether (sulfide) groups is 1. The van der Waals surface area contributed by atoms with Gasteiger partial charge in [-0.15, -0.1) is 0 Å². The van der Waals surface area contributed by atoms with E-state index in [0.29, 0.717) is 11.4 Å². The van der Waals surface area contributed by atoms with Crippen LogP contribution in [0.15, 0.2) is 53.6 Å². The highest BCUT2D eigenvalue weighted by Crippen LogP contribution is 2.26. The molecule has 0 aliphatic rings. The minimum Gasteiger partial charge on any atom is -0.326 e. The highest BCUT2D eigenvalue weighted by Gasteiger charge is 2.09. The van der Waals surface area contributed by atoms with Gasteiger partial charge in [0, 0.05) is 23.7 Å². The zero-order valence-electron chi connectivity index (χ0n) is 15.5. The number of anilines is 2. The summed E-state index contributed by atoms with van der Waals surface area (Å²) in [5, 5.41) is 7.52. The first-order chi connectivity index (χ1) is 12.9. The van der Waals surface area contributed by atoms with Crippen LogP contribution in [-0.4, -0.2) is 22.6 Å². The van der Waals surface area contributed by atoms with Crippen molar-refractivity contribution < 1.29 is 9.59 Å². The monoisotopic (exact) mass is 379 g/mol. The number of benzene rings is 2. The Balaban J connectivity index is 1.67. The lowest BCUT2D eigenvalue weighted by Gasteiger charge is -2.09. The number of aryl methyl sites for hydroxylation is 2. The smallest absolute Gasteiger partial charge is 0.234 e. The lowest BCUT2D eigenvalue weighted by Crippen LogP contribution is -2.14. The molecule has 2 amide bonds. The van der Waals surface area contributed by atoms with Crippen molar-refractivity contribution >= 4 is 45.9 Å². The summed E-state index contributed by atoms with van der Waals surface area (Å²) >= 11 is 1.41. The van der Waals surface area contributed by atoms with Crippen molar-refractivity contribution in [2.24, 2.45) is 0 Å². The fourth-order valence-corrected chi connectivity index (χ4v) is 3.59. The van der Waals surface area contributed by atoms with E-state index in [2.05, 4.69) is 23.6 Å². The summed E-state index contributed by atoms with van der Waals surface area (Å²) < 4.78 is 0. The van der Waals surface area contributed by atoms with Gasteiger partial charge in [-0.05, 0) is 49.2 Å². The number of hydrogen-bond acceptors (Lipinski definition) is 4. The Morgan fingerprint density at radius 1 is 0.963 bits per heavy atom. The second kappa shape index (κ2) is 8.22. The molecule has 0 radical (unpaired) electrons. The second-order valence-electron chi connectivity index (χ2n) is 6.35. The third-order valence-electron chi connectivity index (χ3n) is 4.04. The fraction of sp³-hybridized carbons (Fsp3) is 0.190. The van der Waals surface area contributed by atoms with Gasteiger partial charge in [-0.2, -0.15) is 0 Å². The Morgan fingerprint density at radius 2 is 1.67 bits per heavy atom. The highest BCUT2D eigenvalue weighted by atomic mass is 32.2. The van der Waals surface area contributed by atoms with E-state index in [4.69, 9.17) is 4.98 Å². The van der Waals surface area contributed by atoms with Gasteiger partial charge in [-0.1, -0.05) is 36.0 Å². The quantitative estimate of drug-likeness (QED) is 0.639. The third-order valence-corrected chi connectivity index (χ3v) is 4.95. The maximum atomic E-state index is 12.3. The Bertz CT molecular complexity index is 1020. The Hall–Kier alpha value is -2.86. The number of nitrogens with one attached hydrogen (secondary N) is 2. The lowest BCUT2D eigenvalue weighted by atomic mass is 10.1. The van der Waals surface area contributed by atoms with Crippen molar-refractivity contribution in [3.8, 4) is 0 Å². The summed E-state index contributed by atoms with van der Waals surface area (Å²) in [5.74, 6) is -0.0137. The number of para-hydroxylation sites is 1. The molecule has 1 heterocycles. The van der Waals surface area contributed by atoms with Gasteiger partial charge in [-0.25, -0.2) is 4.98 Å². The molecule has 0 aliphatic heterocycles. The number of carbonyl (C=O) groups is 2. The van der Waals surface area contributed by atoms with E-state index in [-0.39, 0.29) is 17.6 Å². The molecule has 5 nitrogen and oxygen atoms in total. The fourth-order valence-electron chi connectivity index (χ4n) is 2.82. The number of amides is 2. The maximum Gasteiger partial charge on any atom is 0.234 e. The molecular weight excluding hydrogens is 358 g/mol. The predicted molar refractivity (Wildman–Crippen MR) is 111 cm³/mol. The Labute approximate surface area is 162 Å². The number of nitrogens with zero attached hydrogens (tertiary/aromatic N) is 1. The zero-order chi connectivity index (χ0) is 19.4. The van der Waals surface area contributed by atoms with E-state index in [1.165, 1.54) is 18.7 Å². The summed E-state index contributed by atoms with van der Waals surface area (Å²) in [6.45, 7) is 5.54. The van der Waals surface area contributed by atoms with Crippen LogP contribution in [0, 0.1) is 13.8 Å². The Morgan fingerprint density at radius 3 is 2.41 bits per heavy atom. The summed E-state index contributed by atoms with van der Waals surface area (Å²) in [6, 6.07) is 15.2. The van der Waals surface area contributed by atoms with E-state index in [0.717, 1.165) is 27.1 Å². The van der Waals surface area contributed by atoms with Gasteiger partial charge in [0.2, 0.25) is 11.8 Å². The number of pyridine rings is 1. The molecule has 27 heavy (non-hydrogen) atoms. The molecule has 3 aromatic rings. The van der Waals surface area contributed by atoms with Crippen LogP contribution in [0.3, 0.4) is 0 Å². The first-order valence-corrected chi connectivity index (χ1v) is 9.58. The van der Waals surface area contributed by atoms with E-state index >= 15 is 0 Å². The van der Waals surface area contributed by atoms with Crippen LogP contribution in [0.25, 0.3) is 10.9 Å². The molecule has 0 saturated carbocycles. The number of carbonyl (C=O) groups excluding carboxylic acids is 2. The molecule has 0 aliphatic carbocycles. The molecule has 0 spiro atoms. The van der Waals surface area contributed by atoms with Crippen LogP contribution < -0.4 is 10.6 Å². The molecule has 1 aromatic heterocycles. The number of hydrogen-bond donors (Lipinski definition) is 2. The molecule has 2 N–H and O–H groups in total. The van der Waals surface area contributed by atoms with E-state index in [1.54, 1.807) is 24.3 Å². The second-order valence-corrected chi connectivity index (χ2v) is 7.34. The normalized spacial score (nSPS) is 10.6. The molecule has 138 valence electrons. The van der Waals surface area contributed by atoms with Gasteiger partial charge in [0.25, 0.3) is 0 Å². The van der Waals surface area contributed by atoms with Crippen molar-refractivity contribution in [3.63, 3.8) is 0 Å². The van der Waals surface area contributed by atoms with Crippen LogP contribution in [0.4, 0.5) is 11.4 Å². The number of fused-ring (bicyclic) bond motifs is 1. The summed E-state index contributed by atoms with van der Waals surface area (Å²) in [5.41, 5.74) is 4.54. The molecule has 0 bridgehead atoms. The lowest BCUT2D eigenvalue weighted by molar-refractivity contribution is -0.114. The van der Waals surface area contributed by atoms with Crippen LogP contribution in [-0.2, 0) is 9.59 Å². The highest BCUT2D eigenvalue weighted by molar-refractivity contribution is 7.99. The average molecular weight is 379 g/mol. The van der Waals surface area contributed by atoms with Crippen molar-refractivity contribution in [1.82, 2.24) is 4.98 Å². The van der Waals surface area contributed by atoms with E-state index in [1.807, 2.05) is 25.1 Å². The van der Waals surface area contributed by atoms with E-state index in [9.17, 15) is 9.59 Å². The van der Waals surface area contributed by atoms with E-state index < -0.39 is 0 Å². The SMILES string of the molecule is CC(=O)Nc1cccc(NC(=O)CSc2cc(C)c3cccc(C)c3n2)c1. The Kier molecular flexibility index (Phi) is 5.76. The van der Waals surface area contributed by atoms with Gasteiger partial charge < -0.3 is 10.6 Å². The molecule has 0 saturated heterocycles. The van der Waals surface area contributed by atoms with Crippen LogP contribution in [0.5, 0.6) is 0 Å². The largest absolute Gasteiger partial charge is 0.326 e. The van der Waals surface area contributed by atoms with Crippen LogP contribution in [0.1, 0.15) is 18.1 Å². The van der Waals surface area contributed by atoms with Crippen LogP contribution in [0.2, 0.25) is 0 Å². The number of rotatable bonds is 5. The molecule has 3 rings (SSSR count). The summed E-state index contributed by atoms with van der Waals surface area (Å²) in [4.78, 5) is 28.1. The van der Waals surface area contributed by atoms with Crippen molar-refractivity contribution in [3.05, 3.63) is 59.7 Å². The molecular formula is C21H21N3O2S. The standard InChI is InChI=1S/C21H21N3O2S/c1-13-6-4-9-18-14(2)10-20(24-21(13)18)27-12-19(26)23-17-8-5-7-16(11-17)22-15(3)25/h4-11H,12H2,1-3H3,(H,22,25)(H,23,26). The van der Waals surface area contributed by atoms with Crippen LogP contribution >= 0.6 is 11.8 Å². The van der Waals surface area contributed by atoms with Crippen molar-refractivity contribution in [2.45, 2.75) is 25.8 Å². The van der Waals surface area contributed by atoms with Gasteiger partial charge in [0.15, 0.2) is 0 Å². The first kappa shape index (κ1) is 18.9. The van der Waals surface area contributed by atoms with Gasteiger partial charge in [0.05, 0.1) is 16.3 Å². The third kappa shape index (κ3) is 4.86.